The lowest BCUT2D eigenvalue weighted by molar-refractivity contribution is -0.142. The van der Waals surface area contributed by atoms with Crippen molar-refractivity contribution in [3.63, 3.8) is 0 Å². The second-order valence-electron chi connectivity index (χ2n) is 2.44. The quantitative estimate of drug-likeness (QED) is 0.704. The molecule has 1 aromatic carbocycles. The molecule has 0 aliphatic rings. The fraction of sp³-hybridized carbons (Fsp3) is 0.300. The highest BCUT2D eigenvalue weighted by Crippen LogP contribution is 2.02. The Morgan fingerprint density at radius 3 is 2.77 bits per heavy atom. The van der Waals surface area contributed by atoms with Crippen LogP contribution in [0.2, 0.25) is 0 Å². The molecule has 0 fully saturated rings. The van der Waals surface area contributed by atoms with Crippen molar-refractivity contribution in [2.45, 2.75) is 12.5 Å². The molecule has 70 valence electrons. The lowest BCUT2D eigenvalue weighted by Gasteiger charge is -2.08. The highest BCUT2D eigenvalue weighted by Gasteiger charge is 2.13. The first kappa shape index (κ1) is 4.77. The predicted molar refractivity (Wildman–Crippen MR) is 50.1 cm³/mol. The van der Waals surface area contributed by atoms with E-state index in [0.29, 0.717) is 0 Å². The van der Waals surface area contributed by atoms with Gasteiger partial charge in [0.05, 0.1) is 14.0 Å². The van der Waals surface area contributed by atoms with E-state index in [1.165, 1.54) is 7.11 Å². The number of hydrogen-bond acceptors (Lipinski definition) is 3. The molecule has 13 heavy (non-hydrogen) atoms. The summed E-state index contributed by atoms with van der Waals surface area (Å²) in [6, 6.07) is -3.11. The smallest absolute Gasteiger partial charge is 0.322 e. The first-order chi connectivity index (χ1) is 8.31. The third-order valence-corrected chi connectivity index (χ3v) is 1.48. The number of carbonyl (C=O) groups is 1. The highest BCUT2D eigenvalue weighted by atomic mass is 16.5. The van der Waals surface area contributed by atoms with Gasteiger partial charge in [0, 0.05) is 0 Å². The number of ether oxygens (including phenoxy) is 1. The van der Waals surface area contributed by atoms with Gasteiger partial charge in [0.15, 0.2) is 0 Å². The molecule has 0 amide bonds. The van der Waals surface area contributed by atoms with Crippen LogP contribution in [0.25, 0.3) is 0 Å². The minimum atomic E-state index is -1.06. The zero-order valence-electron chi connectivity index (χ0n) is 12.2. The van der Waals surface area contributed by atoms with Crippen molar-refractivity contribution in [3.8, 4) is 0 Å². The van der Waals surface area contributed by atoms with E-state index in [1.807, 2.05) is 0 Å². The Balaban J connectivity index is 3.22. The van der Waals surface area contributed by atoms with Crippen LogP contribution in [-0.4, -0.2) is 19.1 Å². The van der Waals surface area contributed by atoms with Gasteiger partial charge >= 0.3 is 5.97 Å². The van der Waals surface area contributed by atoms with E-state index < -0.39 is 30.1 Å². The number of carbonyl (C=O) groups excluding carboxylic acids is 1. The highest BCUT2D eigenvalue weighted by molar-refractivity contribution is 5.75. The fourth-order valence-corrected chi connectivity index (χ4v) is 0.833. The summed E-state index contributed by atoms with van der Waals surface area (Å²) in [5.41, 5.74) is 5.54. The fourth-order valence-electron chi connectivity index (χ4n) is 0.833. The summed E-state index contributed by atoms with van der Waals surface area (Å²) < 4.78 is 42.1. The number of benzene rings is 1. The number of methoxy groups -OCH3 is 1. The van der Waals surface area contributed by atoms with E-state index in [4.69, 9.17) is 12.6 Å². The van der Waals surface area contributed by atoms with Crippen molar-refractivity contribution >= 4 is 5.97 Å². The molecule has 0 aliphatic carbocycles. The van der Waals surface area contributed by atoms with Crippen LogP contribution >= 0.6 is 0 Å². The minimum absolute atomic E-state index is 0.0129. The molecular weight excluding hydrogens is 166 g/mol. The lowest BCUT2D eigenvalue weighted by Crippen LogP contribution is -2.33. The van der Waals surface area contributed by atoms with Crippen LogP contribution in [-0.2, 0) is 16.0 Å². The van der Waals surface area contributed by atoms with Gasteiger partial charge in [-0.25, -0.2) is 0 Å². The first-order valence-corrected chi connectivity index (χ1v) is 3.70. The summed E-state index contributed by atoms with van der Waals surface area (Å²) in [5, 5.41) is 0. The molecule has 1 atom stereocenters. The van der Waals surface area contributed by atoms with Gasteiger partial charge in [-0.2, -0.15) is 0 Å². The van der Waals surface area contributed by atoms with Crippen LogP contribution in [0, 0.1) is 0 Å². The van der Waals surface area contributed by atoms with E-state index in [9.17, 15) is 4.79 Å². The molecule has 0 radical (unpaired) electrons. The number of esters is 1. The number of hydrogen-bond donors (Lipinski definition) is 1. The monoisotopic (exact) mass is 184 g/mol. The van der Waals surface area contributed by atoms with Gasteiger partial charge in [-0.15, -0.1) is 0 Å². The lowest BCUT2D eigenvalue weighted by atomic mass is 10.1. The van der Waals surface area contributed by atoms with Gasteiger partial charge < -0.3 is 10.5 Å². The largest absolute Gasteiger partial charge is 0.468 e. The van der Waals surface area contributed by atoms with E-state index in [2.05, 4.69) is 4.74 Å². The maximum Gasteiger partial charge on any atom is 0.322 e. The van der Waals surface area contributed by atoms with Crippen LogP contribution in [0.5, 0.6) is 0 Å². The molecular formula is C10H13NO2. The van der Waals surface area contributed by atoms with Crippen LogP contribution < -0.4 is 5.73 Å². The van der Waals surface area contributed by atoms with Crippen LogP contribution in [0.15, 0.2) is 30.2 Å². The summed E-state index contributed by atoms with van der Waals surface area (Å²) in [4.78, 5) is 11.2. The molecule has 0 spiro atoms. The summed E-state index contributed by atoms with van der Waals surface area (Å²) in [6.45, 7) is 0. The SMILES string of the molecule is [2H]c1c([2H])c([2H])c(C[C@H](N)C(=O)OC)c([2H])c1[2H]. The third kappa shape index (κ3) is 2.87. The maximum atomic E-state index is 11.2. The van der Waals surface area contributed by atoms with Crippen molar-refractivity contribution in [1.82, 2.24) is 0 Å². The zero-order chi connectivity index (χ0) is 14.0. The van der Waals surface area contributed by atoms with Gasteiger partial charge in [0.1, 0.15) is 6.04 Å². The van der Waals surface area contributed by atoms with Crippen LogP contribution in [0.3, 0.4) is 0 Å². The normalized spacial score (nSPS) is 17.5. The summed E-state index contributed by atoms with van der Waals surface area (Å²) >= 11 is 0. The number of rotatable bonds is 3. The maximum absolute atomic E-state index is 11.2. The molecule has 0 aliphatic heterocycles. The second kappa shape index (κ2) is 4.62. The molecule has 0 saturated carbocycles. The first-order valence-electron chi connectivity index (χ1n) is 6.20. The molecule has 0 aromatic heterocycles. The summed E-state index contributed by atoms with van der Waals surface area (Å²) in [7, 11) is 1.17. The van der Waals surface area contributed by atoms with Crippen molar-refractivity contribution in [3.05, 3.63) is 35.8 Å². The van der Waals surface area contributed by atoms with E-state index in [1.54, 1.807) is 0 Å². The average molecular weight is 184 g/mol. The van der Waals surface area contributed by atoms with Gasteiger partial charge in [-0.1, -0.05) is 30.2 Å². The molecule has 0 saturated heterocycles. The Hall–Kier alpha value is -1.35. The van der Waals surface area contributed by atoms with Crippen molar-refractivity contribution in [2.75, 3.05) is 7.11 Å². The molecule has 3 heteroatoms. The van der Waals surface area contributed by atoms with Gasteiger partial charge in [-0.3, -0.25) is 4.79 Å². The second-order valence-corrected chi connectivity index (χ2v) is 2.44. The van der Waals surface area contributed by atoms with Crippen LogP contribution in [0.4, 0.5) is 0 Å². The minimum Gasteiger partial charge on any atom is -0.468 e. The average Bonchev–Trinajstić information content (AvgIpc) is 2.37. The zero-order valence-corrected chi connectivity index (χ0v) is 7.18. The topological polar surface area (TPSA) is 52.3 Å². The number of nitrogens with two attached hydrogens (primary N) is 1. The molecule has 0 unspecified atom stereocenters. The Morgan fingerprint density at radius 2 is 2.23 bits per heavy atom. The van der Waals surface area contributed by atoms with Crippen molar-refractivity contribution in [2.24, 2.45) is 5.73 Å². The van der Waals surface area contributed by atoms with Gasteiger partial charge in [0.25, 0.3) is 0 Å². The van der Waals surface area contributed by atoms with Crippen LogP contribution in [0.1, 0.15) is 12.4 Å². The van der Waals surface area contributed by atoms with Gasteiger partial charge in [0.2, 0.25) is 0 Å². The van der Waals surface area contributed by atoms with E-state index in [-0.39, 0.29) is 24.1 Å². The molecule has 2 N–H and O–H groups in total. The standard InChI is InChI=1S/C10H13NO2/c1-13-10(12)9(11)7-8-5-3-2-4-6-8/h2-6,9H,7,11H2,1H3/t9-/m0/s1/i2D,3D,4D,5D,6D. The van der Waals surface area contributed by atoms with Crippen molar-refractivity contribution in [1.29, 1.82) is 0 Å². The predicted octanol–water partition coefficient (Wildman–Crippen LogP) is 0.729. The van der Waals surface area contributed by atoms with E-state index in [0.717, 1.165) is 0 Å². The molecule has 0 heterocycles. The summed E-state index contributed by atoms with van der Waals surface area (Å²) in [5.74, 6) is -0.693. The molecule has 1 aromatic rings. The Morgan fingerprint density at radius 1 is 1.62 bits per heavy atom. The van der Waals surface area contributed by atoms with Gasteiger partial charge in [-0.05, 0) is 12.0 Å². The molecule has 0 bridgehead atoms. The van der Waals surface area contributed by atoms with E-state index >= 15 is 0 Å². The molecule has 1 rings (SSSR count). The summed E-state index contributed by atoms with van der Waals surface area (Å²) in [6.07, 6.45) is -0.164. The Labute approximate surface area is 84.5 Å². The Kier molecular flexibility index (Phi) is 1.69. The third-order valence-electron chi connectivity index (χ3n) is 1.48. The molecule has 3 nitrogen and oxygen atoms in total. The Bertz CT molecular complexity index is 463. The van der Waals surface area contributed by atoms with Crippen molar-refractivity contribution < 1.29 is 16.4 Å².